The van der Waals surface area contributed by atoms with Gasteiger partial charge in [0, 0.05) is 5.56 Å². The molecule has 1 heterocycles. The molecule has 1 aliphatic heterocycles. The van der Waals surface area contributed by atoms with Crippen molar-refractivity contribution in [3.8, 4) is 0 Å². The number of anilines is 1. The maximum Gasteiger partial charge on any atom is 0.248 e. The summed E-state index contributed by atoms with van der Waals surface area (Å²) in [7, 11) is 0. The quantitative estimate of drug-likeness (QED) is 0.788. The van der Waals surface area contributed by atoms with Crippen LogP contribution in [0.1, 0.15) is 24.2 Å². The molecular formula is C12H15N3O2. The van der Waals surface area contributed by atoms with Crippen LogP contribution >= 0.6 is 0 Å². The lowest BCUT2D eigenvalue weighted by molar-refractivity contribution is -0.125. The number of nitrogens with one attached hydrogen (secondary N) is 1. The van der Waals surface area contributed by atoms with E-state index in [1.54, 1.807) is 29.3 Å². The maximum absolute atomic E-state index is 11.6. The number of nitrogens with two attached hydrogens (primary N) is 1. The number of amides is 2. The molecule has 3 N–H and O–H groups in total. The second kappa shape index (κ2) is 3.76. The molecule has 0 atom stereocenters. The van der Waals surface area contributed by atoms with Crippen LogP contribution in [0.2, 0.25) is 0 Å². The van der Waals surface area contributed by atoms with Crippen molar-refractivity contribution in [1.29, 1.82) is 0 Å². The number of hydrogen-bond donors (Lipinski definition) is 2. The van der Waals surface area contributed by atoms with Gasteiger partial charge in [0.2, 0.25) is 11.8 Å². The normalized spacial score (nSPS) is 18.0. The minimum atomic E-state index is -0.456. The summed E-state index contributed by atoms with van der Waals surface area (Å²) in [6, 6.07) is 6.83. The third-order valence-corrected chi connectivity index (χ3v) is 2.87. The number of rotatable bonds is 2. The van der Waals surface area contributed by atoms with E-state index < -0.39 is 11.3 Å². The van der Waals surface area contributed by atoms with Gasteiger partial charge in [-0.3, -0.25) is 20.0 Å². The van der Waals surface area contributed by atoms with Crippen molar-refractivity contribution >= 4 is 17.5 Å². The predicted octanol–water partition coefficient (Wildman–Crippen LogP) is 0.663. The second-order valence-electron chi connectivity index (χ2n) is 4.82. The number of primary amides is 1. The first kappa shape index (κ1) is 11.4. The smallest absolute Gasteiger partial charge is 0.248 e. The molecule has 2 rings (SSSR count). The van der Waals surface area contributed by atoms with E-state index in [1.165, 1.54) is 0 Å². The van der Waals surface area contributed by atoms with Gasteiger partial charge in [0.15, 0.2) is 0 Å². The van der Waals surface area contributed by atoms with Crippen LogP contribution in [0.4, 0.5) is 5.69 Å². The molecule has 1 aromatic rings. The molecule has 0 bridgehead atoms. The first-order valence-corrected chi connectivity index (χ1v) is 5.39. The van der Waals surface area contributed by atoms with Crippen LogP contribution < -0.4 is 16.2 Å². The van der Waals surface area contributed by atoms with Crippen LogP contribution in [-0.4, -0.2) is 18.4 Å². The Kier molecular flexibility index (Phi) is 2.53. The van der Waals surface area contributed by atoms with E-state index in [0.717, 1.165) is 5.69 Å². The fraction of sp³-hybridized carbons (Fsp3) is 0.333. The standard InChI is InChI=1S/C12H15N3O2/c1-12(2)7-15(14-11(12)17)9-5-3-8(4-6-9)10(13)16/h3-6H,7H2,1-2H3,(H2,13,16)(H,14,17). The summed E-state index contributed by atoms with van der Waals surface area (Å²) in [6.07, 6.45) is 0. The summed E-state index contributed by atoms with van der Waals surface area (Å²) in [4.78, 5) is 22.6. The lowest BCUT2D eigenvalue weighted by atomic mass is 9.94. The highest BCUT2D eigenvalue weighted by molar-refractivity contribution is 5.93. The van der Waals surface area contributed by atoms with Gasteiger partial charge in [-0.1, -0.05) is 0 Å². The molecule has 1 saturated heterocycles. The summed E-state index contributed by atoms with van der Waals surface area (Å²) in [5.41, 5.74) is 8.85. The molecule has 0 aromatic heterocycles. The average molecular weight is 233 g/mol. The molecule has 1 aliphatic rings. The third kappa shape index (κ3) is 2.08. The number of carbonyl (C=O) groups is 2. The van der Waals surface area contributed by atoms with E-state index in [0.29, 0.717) is 12.1 Å². The summed E-state index contributed by atoms with van der Waals surface area (Å²) in [6.45, 7) is 4.38. The van der Waals surface area contributed by atoms with Gasteiger partial charge in [-0.2, -0.15) is 0 Å². The zero-order chi connectivity index (χ0) is 12.6. The van der Waals surface area contributed by atoms with Gasteiger partial charge in [-0.25, -0.2) is 0 Å². The SMILES string of the molecule is CC1(C)CN(c2ccc(C(N)=O)cc2)NC1=O. The lowest BCUT2D eigenvalue weighted by Crippen LogP contribution is -2.33. The van der Waals surface area contributed by atoms with E-state index in [-0.39, 0.29) is 5.91 Å². The van der Waals surface area contributed by atoms with Gasteiger partial charge in [0.25, 0.3) is 0 Å². The summed E-state index contributed by atoms with van der Waals surface area (Å²) in [5, 5.41) is 1.77. The number of benzene rings is 1. The Morgan fingerprint density at radius 1 is 1.35 bits per heavy atom. The van der Waals surface area contributed by atoms with Crippen LogP contribution in [0.15, 0.2) is 24.3 Å². The highest BCUT2D eigenvalue weighted by atomic mass is 16.2. The Morgan fingerprint density at radius 2 is 1.94 bits per heavy atom. The molecule has 17 heavy (non-hydrogen) atoms. The third-order valence-electron chi connectivity index (χ3n) is 2.87. The van der Waals surface area contributed by atoms with Crippen molar-refractivity contribution in [1.82, 2.24) is 5.43 Å². The monoisotopic (exact) mass is 233 g/mol. The zero-order valence-corrected chi connectivity index (χ0v) is 9.86. The second-order valence-corrected chi connectivity index (χ2v) is 4.82. The highest BCUT2D eigenvalue weighted by Crippen LogP contribution is 2.26. The average Bonchev–Trinajstić information content (AvgIpc) is 2.54. The molecule has 0 aliphatic carbocycles. The van der Waals surface area contributed by atoms with E-state index >= 15 is 0 Å². The van der Waals surface area contributed by atoms with Crippen molar-refractivity contribution in [3.05, 3.63) is 29.8 Å². The zero-order valence-electron chi connectivity index (χ0n) is 9.86. The van der Waals surface area contributed by atoms with Crippen LogP contribution in [0.3, 0.4) is 0 Å². The first-order valence-electron chi connectivity index (χ1n) is 5.39. The number of hydrazine groups is 1. The first-order chi connectivity index (χ1) is 7.90. The minimum Gasteiger partial charge on any atom is -0.366 e. The van der Waals surface area contributed by atoms with Crippen molar-refractivity contribution in [2.24, 2.45) is 11.1 Å². The summed E-state index contributed by atoms with van der Waals surface area (Å²) < 4.78 is 0. The molecule has 5 nitrogen and oxygen atoms in total. The summed E-state index contributed by atoms with van der Waals surface area (Å²) in [5.74, 6) is -0.459. The maximum atomic E-state index is 11.6. The molecule has 1 fully saturated rings. The minimum absolute atomic E-state index is 0.00326. The summed E-state index contributed by atoms with van der Waals surface area (Å²) >= 11 is 0. The molecule has 0 saturated carbocycles. The van der Waals surface area contributed by atoms with E-state index in [1.807, 2.05) is 13.8 Å². The Balaban J connectivity index is 2.20. The molecule has 2 amide bonds. The largest absolute Gasteiger partial charge is 0.366 e. The lowest BCUT2D eigenvalue weighted by Gasteiger charge is -2.18. The molecule has 5 heteroatoms. The van der Waals surface area contributed by atoms with Gasteiger partial charge >= 0.3 is 0 Å². The highest BCUT2D eigenvalue weighted by Gasteiger charge is 2.37. The molecule has 0 spiro atoms. The number of nitrogens with zero attached hydrogens (tertiary/aromatic N) is 1. The van der Waals surface area contributed by atoms with Crippen molar-refractivity contribution in [3.63, 3.8) is 0 Å². The van der Waals surface area contributed by atoms with Crippen LogP contribution in [0, 0.1) is 5.41 Å². The number of hydrogen-bond acceptors (Lipinski definition) is 3. The van der Waals surface area contributed by atoms with Crippen molar-refractivity contribution in [2.75, 3.05) is 11.6 Å². The fourth-order valence-electron chi connectivity index (χ4n) is 1.74. The van der Waals surface area contributed by atoms with Crippen molar-refractivity contribution < 1.29 is 9.59 Å². The molecule has 0 unspecified atom stereocenters. The van der Waals surface area contributed by atoms with Gasteiger partial charge < -0.3 is 5.73 Å². The Labute approximate surface area is 99.6 Å². The van der Waals surface area contributed by atoms with Gasteiger partial charge in [0.05, 0.1) is 17.6 Å². The fourth-order valence-corrected chi connectivity index (χ4v) is 1.74. The van der Waals surface area contributed by atoms with Crippen LogP contribution in [0.5, 0.6) is 0 Å². The Morgan fingerprint density at radius 3 is 2.35 bits per heavy atom. The van der Waals surface area contributed by atoms with Gasteiger partial charge in [-0.15, -0.1) is 0 Å². The van der Waals surface area contributed by atoms with Crippen LogP contribution in [-0.2, 0) is 4.79 Å². The van der Waals surface area contributed by atoms with E-state index in [9.17, 15) is 9.59 Å². The molecule has 1 aromatic carbocycles. The molecular weight excluding hydrogens is 218 g/mol. The Bertz CT molecular complexity index is 465. The Hall–Kier alpha value is -2.04. The number of carbonyl (C=O) groups excluding carboxylic acids is 2. The van der Waals surface area contributed by atoms with Crippen LogP contribution in [0.25, 0.3) is 0 Å². The van der Waals surface area contributed by atoms with Crippen molar-refractivity contribution in [2.45, 2.75) is 13.8 Å². The predicted molar refractivity (Wildman–Crippen MR) is 64.2 cm³/mol. The topological polar surface area (TPSA) is 75.4 Å². The van der Waals surface area contributed by atoms with Gasteiger partial charge in [-0.05, 0) is 38.1 Å². The molecule has 0 radical (unpaired) electrons. The molecule has 90 valence electrons. The van der Waals surface area contributed by atoms with E-state index in [2.05, 4.69) is 5.43 Å². The van der Waals surface area contributed by atoms with E-state index in [4.69, 9.17) is 5.73 Å². The van der Waals surface area contributed by atoms with Gasteiger partial charge in [0.1, 0.15) is 0 Å².